The lowest BCUT2D eigenvalue weighted by Crippen LogP contribution is -2.12. The smallest absolute Gasteiger partial charge is 0.224 e. The molecule has 0 aromatic heterocycles. The van der Waals surface area contributed by atoms with E-state index in [1.807, 2.05) is 24.3 Å². The molecule has 0 radical (unpaired) electrons. The van der Waals surface area contributed by atoms with Gasteiger partial charge in [-0.05, 0) is 36.2 Å². The van der Waals surface area contributed by atoms with E-state index < -0.39 is 0 Å². The van der Waals surface area contributed by atoms with Gasteiger partial charge in [0.1, 0.15) is 0 Å². The molecule has 1 N–H and O–H groups in total. The number of amides is 1. The van der Waals surface area contributed by atoms with Gasteiger partial charge in [-0.25, -0.2) is 0 Å². The highest BCUT2D eigenvalue weighted by atomic mass is 35.5. The average molecular weight is 320 g/mol. The number of anilines is 1. The van der Waals surface area contributed by atoms with Crippen LogP contribution in [0.2, 0.25) is 5.02 Å². The summed E-state index contributed by atoms with van der Waals surface area (Å²) in [5.74, 6) is 1.15. The fraction of sp³-hybridized carbons (Fsp3) is 0.235. The van der Waals surface area contributed by atoms with Crippen molar-refractivity contribution in [3.63, 3.8) is 0 Å². The fourth-order valence-electron chi connectivity index (χ4n) is 2.05. The van der Waals surface area contributed by atoms with E-state index in [2.05, 4.69) is 5.32 Å². The number of benzene rings is 2. The van der Waals surface area contributed by atoms with E-state index in [-0.39, 0.29) is 5.91 Å². The molecule has 22 heavy (non-hydrogen) atoms. The van der Waals surface area contributed by atoms with Gasteiger partial charge < -0.3 is 14.8 Å². The fourth-order valence-corrected chi connectivity index (χ4v) is 2.17. The van der Waals surface area contributed by atoms with Gasteiger partial charge in [0.2, 0.25) is 5.91 Å². The highest BCUT2D eigenvalue weighted by Gasteiger charge is 2.07. The number of halogens is 1. The Balaban J connectivity index is 1.93. The Morgan fingerprint density at radius 3 is 2.36 bits per heavy atom. The first kappa shape index (κ1) is 16.2. The van der Waals surface area contributed by atoms with Crippen molar-refractivity contribution in [1.29, 1.82) is 0 Å². The van der Waals surface area contributed by atoms with Crippen molar-refractivity contribution in [2.45, 2.75) is 12.8 Å². The topological polar surface area (TPSA) is 47.6 Å². The van der Waals surface area contributed by atoms with E-state index in [1.165, 1.54) is 0 Å². The van der Waals surface area contributed by atoms with Crippen LogP contribution in [0.15, 0.2) is 42.5 Å². The molecule has 1 amide bonds. The number of methoxy groups -OCH3 is 2. The molecular formula is C17H18ClNO3. The third-order valence-corrected chi connectivity index (χ3v) is 3.47. The zero-order valence-electron chi connectivity index (χ0n) is 12.6. The normalized spacial score (nSPS) is 10.1. The molecule has 2 aromatic rings. The molecule has 0 saturated carbocycles. The van der Waals surface area contributed by atoms with Gasteiger partial charge in [-0.15, -0.1) is 0 Å². The molecule has 0 aliphatic heterocycles. The molecule has 5 heteroatoms. The third kappa shape index (κ3) is 4.40. The molecule has 0 atom stereocenters. The van der Waals surface area contributed by atoms with E-state index in [1.54, 1.807) is 32.4 Å². The first-order valence-corrected chi connectivity index (χ1v) is 7.26. The number of ether oxygens (including phenoxy) is 2. The second kappa shape index (κ2) is 7.71. The summed E-state index contributed by atoms with van der Waals surface area (Å²) in [4.78, 5) is 12.0. The minimum atomic E-state index is -0.0535. The second-order valence-electron chi connectivity index (χ2n) is 4.74. The van der Waals surface area contributed by atoms with Crippen molar-refractivity contribution in [3.8, 4) is 11.5 Å². The number of aryl methyl sites for hydroxylation is 1. The number of carbonyl (C=O) groups is 1. The molecule has 4 nitrogen and oxygen atoms in total. The Hall–Kier alpha value is -2.20. The summed E-state index contributed by atoms with van der Waals surface area (Å²) in [7, 11) is 3.13. The Morgan fingerprint density at radius 1 is 1.05 bits per heavy atom. The predicted octanol–water partition coefficient (Wildman–Crippen LogP) is 3.93. The SMILES string of the molecule is COc1ccc(NC(=O)CCc2ccc(Cl)cc2)cc1OC. The van der Waals surface area contributed by atoms with E-state index in [4.69, 9.17) is 21.1 Å². The Kier molecular flexibility index (Phi) is 5.67. The largest absolute Gasteiger partial charge is 0.493 e. The molecule has 0 heterocycles. The second-order valence-corrected chi connectivity index (χ2v) is 5.18. The van der Waals surface area contributed by atoms with E-state index >= 15 is 0 Å². The van der Waals surface area contributed by atoms with Crippen molar-refractivity contribution in [3.05, 3.63) is 53.1 Å². The molecule has 0 bridgehead atoms. The average Bonchev–Trinajstić information content (AvgIpc) is 2.54. The maximum absolute atomic E-state index is 12.0. The predicted molar refractivity (Wildman–Crippen MR) is 87.9 cm³/mol. The standard InChI is InChI=1S/C17H18ClNO3/c1-21-15-9-8-14(11-16(15)22-2)19-17(20)10-5-12-3-6-13(18)7-4-12/h3-4,6-9,11H,5,10H2,1-2H3,(H,19,20). The molecule has 0 aliphatic rings. The summed E-state index contributed by atoms with van der Waals surface area (Å²) in [6.45, 7) is 0. The lowest BCUT2D eigenvalue weighted by atomic mass is 10.1. The number of hydrogen-bond donors (Lipinski definition) is 1. The molecule has 0 saturated heterocycles. The van der Waals surface area contributed by atoms with Crippen LogP contribution in [0, 0.1) is 0 Å². The lowest BCUT2D eigenvalue weighted by molar-refractivity contribution is -0.116. The molecule has 116 valence electrons. The first-order valence-electron chi connectivity index (χ1n) is 6.88. The van der Waals surface area contributed by atoms with Gasteiger partial charge >= 0.3 is 0 Å². The molecule has 0 aliphatic carbocycles. The highest BCUT2D eigenvalue weighted by Crippen LogP contribution is 2.29. The van der Waals surface area contributed by atoms with Crippen LogP contribution < -0.4 is 14.8 Å². The van der Waals surface area contributed by atoms with Crippen molar-refractivity contribution in [1.82, 2.24) is 0 Å². The third-order valence-electron chi connectivity index (χ3n) is 3.22. The highest BCUT2D eigenvalue weighted by molar-refractivity contribution is 6.30. The summed E-state index contributed by atoms with van der Waals surface area (Å²) >= 11 is 5.83. The Bertz CT molecular complexity index is 641. The quantitative estimate of drug-likeness (QED) is 0.877. The van der Waals surface area contributed by atoms with Gasteiger partial charge in [0.15, 0.2) is 11.5 Å². The summed E-state index contributed by atoms with van der Waals surface area (Å²) in [6.07, 6.45) is 1.06. The number of carbonyl (C=O) groups excluding carboxylic acids is 1. The zero-order valence-corrected chi connectivity index (χ0v) is 13.3. The summed E-state index contributed by atoms with van der Waals surface area (Å²) in [6, 6.07) is 12.8. The molecule has 2 aromatic carbocycles. The van der Waals surface area contributed by atoms with Crippen molar-refractivity contribution < 1.29 is 14.3 Å². The van der Waals surface area contributed by atoms with E-state index in [0.29, 0.717) is 35.1 Å². The van der Waals surface area contributed by atoms with Crippen LogP contribution in [0.4, 0.5) is 5.69 Å². The maximum atomic E-state index is 12.0. The van der Waals surface area contributed by atoms with Gasteiger partial charge in [0, 0.05) is 23.2 Å². The van der Waals surface area contributed by atoms with Gasteiger partial charge in [-0.3, -0.25) is 4.79 Å². The number of rotatable bonds is 6. The lowest BCUT2D eigenvalue weighted by Gasteiger charge is -2.10. The summed E-state index contributed by atoms with van der Waals surface area (Å²) < 4.78 is 10.4. The van der Waals surface area contributed by atoms with Crippen LogP contribution in [-0.2, 0) is 11.2 Å². The Morgan fingerprint density at radius 2 is 1.73 bits per heavy atom. The van der Waals surface area contributed by atoms with Crippen LogP contribution in [0.5, 0.6) is 11.5 Å². The van der Waals surface area contributed by atoms with Gasteiger partial charge in [-0.2, -0.15) is 0 Å². The van der Waals surface area contributed by atoms with Crippen LogP contribution in [-0.4, -0.2) is 20.1 Å². The Labute approximate surface area is 135 Å². The van der Waals surface area contributed by atoms with Crippen molar-refractivity contribution in [2.75, 3.05) is 19.5 Å². The van der Waals surface area contributed by atoms with E-state index in [9.17, 15) is 4.79 Å². The molecule has 2 rings (SSSR count). The van der Waals surface area contributed by atoms with Crippen LogP contribution in [0.3, 0.4) is 0 Å². The van der Waals surface area contributed by atoms with Crippen molar-refractivity contribution in [2.24, 2.45) is 0 Å². The van der Waals surface area contributed by atoms with Crippen LogP contribution >= 0.6 is 11.6 Å². The van der Waals surface area contributed by atoms with Gasteiger partial charge in [0.25, 0.3) is 0 Å². The summed E-state index contributed by atoms with van der Waals surface area (Å²) in [5.41, 5.74) is 1.76. The summed E-state index contributed by atoms with van der Waals surface area (Å²) in [5, 5.41) is 3.54. The van der Waals surface area contributed by atoms with Crippen LogP contribution in [0.25, 0.3) is 0 Å². The molecule has 0 spiro atoms. The molecular weight excluding hydrogens is 302 g/mol. The first-order chi connectivity index (χ1) is 10.6. The van der Waals surface area contributed by atoms with Crippen LogP contribution in [0.1, 0.15) is 12.0 Å². The molecule has 0 unspecified atom stereocenters. The number of nitrogens with one attached hydrogen (secondary N) is 1. The van der Waals surface area contributed by atoms with Crippen molar-refractivity contribution >= 4 is 23.2 Å². The monoisotopic (exact) mass is 319 g/mol. The van der Waals surface area contributed by atoms with Gasteiger partial charge in [-0.1, -0.05) is 23.7 Å². The van der Waals surface area contributed by atoms with E-state index in [0.717, 1.165) is 5.56 Å². The van der Waals surface area contributed by atoms with Gasteiger partial charge in [0.05, 0.1) is 14.2 Å². The number of hydrogen-bond acceptors (Lipinski definition) is 3. The molecule has 0 fully saturated rings. The minimum Gasteiger partial charge on any atom is -0.493 e. The zero-order chi connectivity index (χ0) is 15.9. The minimum absolute atomic E-state index is 0.0535. The maximum Gasteiger partial charge on any atom is 0.224 e.